The number of hydrogen-bond acceptors (Lipinski definition) is 2. The molecule has 2 N–H and O–H groups in total. The number of halogens is 1. The van der Waals surface area contributed by atoms with Gasteiger partial charge in [0.1, 0.15) is 5.82 Å². The van der Waals surface area contributed by atoms with E-state index in [1.165, 1.54) is 6.07 Å². The molecule has 0 bridgehead atoms. The quantitative estimate of drug-likeness (QED) is 0.896. The number of carboxylic acids is 1. The van der Waals surface area contributed by atoms with Gasteiger partial charge in [-0.2, -0.15) is 0 Å². The van der Waals surface area contributed by atoms with Crippen LogP contribution in [0.25, 0.3) is 0 Å². The first kappa shape index (κ1) is 16.5. The number of anilines is 1. The topological polar surface area (TPSA) is 66.4 Å². The summed E-state index contributed by atoms with van der Waals surface area (Å²) in [4.78, 5) is 24.1. The zero-order chi connectivity index (χ0) is 16.7. The number of carbonyl (C=O) groups is 2. The van der Waals surface area contributed by atoms with Gasteiger partial charge in [0.15, 0.2) is 0 Å². The normalized spacial score (nSPS) is 26.7. The van der Waals surface area contributed by atoms with E-state index in [2.05, 4.69) is 5.32 Å². The number of aryl methyl sites for hydroxylation is 1. The molecule has 1 aliphatic carbocycles. The van der Waals surface area contributed by atoms with Crippen LogP contribution in [0.5, 0.6) is 0 Å². The average Bonchev–Trinajstić information content (AvgIpc) is 2.66. The molecule has 0 heterocycles. The molecule has 1 amide bonds. The fourth-order valence-electron chi connectivity index (χ4n) is 3.24. The molecule has 1 aliphatic rings. The summed E-state index contributed by atoms with van der Waals surface area (Å²) < 4.78 is 13.6. The van der Waals surface area contributed by atoms with Gasteiger partial charge in [-0.1, -0.05) is 19.9 Å². The minimum Gasteiger partial charge on any atom is -0.481 e. The van der Waals surface area contributed by atoms with E-state index in [9.17, 15) is 19.1 Å². The van der Waals surface area contributed by atoms with Gasteiger partial charge in [0.2, 0.25) is 5.91 Å². The molecule has 0 aliphatic heterocycles. The summed E-state index contributed by atoms with van der Waals surface area (Å²) in [5.74, 6) is -1.93. The molecule has 1 aromatic rings. The zero-order valence-electron chi connectivity index (χ0n) is 13.4. The van der Waals surface area contributed by atoms with Crippen molar-refractivity contribution < 1.29 is 19.1 Å². The molecule has 1 aromatic carbocycles. The van der Waals surface area contributed by atoms with E-state index < -0.39 is 22.7 Å². The second-order valence-electron chi connectivity index (χ2n) is 6.90. The van der Waals surface area contributed by atoms with Crippen LogP contribution in [0.15, 0.2) is 18.2 Å². The third kappa shape index (κ3) is 2.49. The highest BCUT2D eigenvalue weighted by molar-refractivity contribution is 5.94. The zero-order valence-corrected chi connectivity index (χ0v) is 13.4. The Hall–Kier alpha value is -1.91. The second kappa shape index (κ2) is 5.38. The maximum absolute atomic E-state index is 13.6. The van der Waals surface area contributed by atoms with Crippen LogP contribution >= 0.6 is 0 Å². The van der Waals surface area contributed by atoms with Crippen LogP contribution < -0.4 is 5.32 Å². The van der Waals surface area contributed by atoms with Crippen LogP contribution in [-0.4, -0.2) is 17.0 Å². The first-order valence-electron chi connectivity index (χ1n) is 7.40. The van der Waals surface area contributed by atoms with E-state index >= 15 is 0 Å². The van der Waals surface area contributed by atoms with Crippen molar-refractivity contribution in [3.63, 3.8) is 0 Å². The Bertz CT molecular complexity index is 626. The smallest absolute Gasteiger partial charge is 0.309 e. The van der Waals surface area contributed by atoms with E-state index in [1.54, 1.807) is 26.0 Å². The SMILES string of the molecule is Cc1ccc(NC(=O)C2CCC(C)(C(=O)O)C2(C)C)cc1F. The van der Waals surface area contributed by atoms with Crippen molar-refractivity contribution in [1.29, 1.82) is 0 Å². The van der Waals surface area contributed by atoms with Crippen molar-refractivity contribution in [3.05, 3.63) is 29.6 Å². The molecule has 0 radical (unpaired) electrons. The highest BCUT2D eigenvalue weighted by atomic mass is 19.1. The lowest BCUT2D eigenvalue weighted by Crippen LogP contribution is -2.43. The Morgan fingerprint density at radius 3 is 2.45 bits per heavy atom. The molecular formula is C17H22FNO3. The van der Waals surface area contributed by atoms with E-state index in [1.807, 2.05) is 13.8 Å². The number of carboxylic acid groups (broad SMARTS) is 1. The monoisotopic (exact) mass is 307 g/mol. The Morgan fingerprint density at radius 2 is 1.95 bits per heavy atom. The number of amides is 1. The molecule has 2 rings (SSSR count). The number of rotatable bonds is 3. The van der Waals surface area contributed by atoms with Crippen LogP contribution in [0.1, 0.15) is 39.2 Å². The fraction of sp³-hybridized carbons (Fsp3) is 0.529. The predicted molar refractivity (Wildman–Crippen MR) is 82.0 cm³/mol. The first-order chi connectivity index (χ1) is 10.1. The third-order valence-electron chi connectivity index (χ3n) is 5.45. The molecule has 120 valence electrons. The van der Waals surface area contributed by atoms with Gasteiger partial charge in [-0.15, -0.1) is 0 Å². The number of aliphatic carboxylic acids is 1. The van der Waals surface area contributed by atoms with E-state index in [0.29, 0.717) is 24.1 Å². The maximum atomic E-state index is 13.6. The molecule has 2 atom stereocenters. The van der Waals surface area contributed by atoms with Gasteiger partial charge < -0.3 is 10.4 Å². The van der Waals surface area contributed by atoms with Crippen LogP contribution in [-0.2, 0) is 9.59 Å². The Morgan fingerprint density at radius 1 is 1.32 bits per heavy atom. The van der Waals surface area contributed by atoms with Crippen molar-refractivity contribution in [2.45, 2.75) is 40.5 Å². The molecule has 0 spiro atoms. The minimum atomic E-state index is -0.937. The number of carbonyl (C=O) groups excluding carboxylic acids is 1. The maximum Gasteiger partial charge on any atom is 0.309 e. The Balaban J connectivity index is 2.20. The lowest BCUT2D eigenvalue weighted by Gasteiger charge is -2.37. The molecule has 0 aromatic heterocycles. The second-order valence-corrected chi connectivity index (χ2v) is 6.90. The van der Waals surface area contributed by atoms with Crippen molar-refractivity contribution >= 4 is 17.6 Å². The molecule has 4 nitrogen and oxygen atoms in total. The number of nitrogens with one attached hydrogen (secondary N) is 1. The fourth-order valence-corrected chi connectivity index (χ4v) is 3.24. The van der Waals surface area contributed by atoms with Gasteiger partial charge >= 0.3 is 5.97 Å². The van der Waals surface area contributed by atoms with Crippen LogP contribution in [0, 0.1) is 29.5 Å². The highest BCUT2D eigenvalue weighted by Gasteiger charge is 2.58. The largest absolute Gasteiger partial charge is 0.481 e. The van der Waals surface area contributed by atoms with E-state index in [-0.39, 0.29) is 11.7 Å². The lowest BCUT2D eigenvalue weighted by molar-refractivity contribution is -0.154. The average molecular weight is 307 g/mol. The summed E-state index contributed by atoms with van der Waals surface area (Å²) in [6, 6.07) is 4.53. The van der Waals surface area contributed by atoms with Crippen LogP contribution in [0.3, 0.4) is 0 Å². The summed E-state index contributed by atoms with van der Waals surface area (Å²) in [6.45, 7) is 6.97. The Labute approximate surface area is 129 Å². The van der Waals surface area contributed by atoms with Gasteiger partial charge in [0.25, 0.3) is 0 Å². The molecule has 2 unspecified atom stereocenters. The van der Waals surface area contributed by atoms with Crippen molar-refractivity contribution in [2.24, 2.45) is 16.7 Å². The summed E-state index contributed by atoms with van der Waals surface area (Å²) >= 11 is 0. The summed E-state index contributed by atoms with van der Waals surface area (Å²) in [5, 5.41) is 12.2. The van der Waals surface area contributed by atoms with Gasteiger partial charge in [-0.25, -0.2) is 4.39 Å². The van der Waals surface area contributed by atoms with Crippen molar-refractivity contribution in [2.75, 3.05) is 5.32 Å². The summed E-state index contributed by atoms with van der Waals surface area (Å²) in [5.41, 5.74) is -0.704. The molecular weight excluding hydrogens is 285 g/mol. The van der Waals surface area contributed by atoms with Gasteiger partial charge in [-0.05, 0) is 49.8 Å². The van der Waals surface area contributed by atoms with Crippen LogP contribution in [0.4, 0.5) is 10.1 Å². The molecule has 1 fully saturated rings. The predicted octanol–water partition coefficient (Wildman–Crippen LogP) is 3.60. The molecule has 22 heavy (non-hydrogen) atoms. The molecule has 5 heteroatoms. The standard InChI is InChI=1S/C17H22FNO3/c1-10-5-6-11(9-13(10)18)19-14(20)12-7-8-17(4,15(21)22)16(12,2)3/h5-6,9,12H,7-8H2,1-4H3,(H,19,20)(H,21,22). The van der Waals surface area contributed by atoms with Crippen molar-refractivity contribution in [3.8, 4) is 0 Å². The van der Waals surface area contributed by atoms with Gasteiger partial charge in [0.05, 0.1) is 5.41 Å². The highest BCUT2D eigenvalue weighted by Crippen LogP contribution is 2.56. The summed E-state index contributed by atoms with van der Waals surface area (Å²) in [7, 11) is 0. The van der Waals surface area contributed by atoms with Gasteiger partial charge in [-0.3, -0.25) is 9.59 Å². The molecule has 0 saturated heterocycles. The van der Waals surface area contributed by atoms with Crippen molar-refractivity contribution in [1.82, 2.24) is 0 Å². The first-order valence-corrected chi connectivity index (χ1v) is 7.40. The number of benzene rings is 1. The van der Waals surface area contributed by atoms with E-state index in [0.717, 1.165) is 0 Å². The summed E-state index contributed by atoms with van der Waals surface area (Å²) in [6.07, 6.45) is 0.964. The Kier molecular flexibility index (Phi) is 4.02. The van der Waals surface area contributed by atoms with Gasteiger partial charge in [0, 0.05) is 11.6 Å². The lowest BCUT2D eigenvalue weighted by atomic mass is 9.65. The molecule has 1 saturated carbocycles. The number of hydrogen-bond donors (Lipinski definition) is 2. The van der Waals surface area contributed by atoms with E-state index in [4.69, 9.17) is 0 Å². The third-order valence-corrected chi connectivity index (χ3v) is 5.45. The minimum absolute atomic E-state index is 0.252. The van der Waals surface area contributed by atoms with Crippen LogP contribution in [0.2, 0.25) is 0 Å².